The molecule has 1 aromatic rings. The van der Waals surface area contributed by atoms with Crippen LogP contribution < -0.4 is 21.3 Å². The zero-order valence-electron chi connectivity index (χ0n) is 11.1. The molecule has 1 heterocycles. The second kappa shape index (κ2) is 8.46. The van der Waals surface area contributed by atoms with Crippen molar-refractivity contribution in [1.82, 2.24) is 15.0 Å². The largest absolute Gasteiger partial charge is 0.464 e. The maximum atomic E-state index is 5.29. The summed E-state index contributed by atoms with van der Waals surface area (Å²) in [5, 5.41) is 3.14. The van der Waals surface area contributed by atoms with Gasteiger partial charge in [-0.25, -0.2) is 5.84 Å². The molecule has 7 nitrogen and oxygen atoms in total. The van der Waals surface area contributed by atoms with Crippen LogP contribution in [0, 0.1) is 0 Å². The SMILES string of the molecule is CCCCCCNc1nc(NN)nc(OCC)n1. The fraction of sp³-hybridized carbons (Fsp3) is 0.727. The molecule has 0 saturated carbocycles. The van der Waals surface area contributed by atoms with E-state index in [2.05, 4.69) is 32.6 Å². The van der Waals surface area contributed by atoms with E-state index in [-0.39, 0.29) is 6.01 Å². The van der Waals surface area contributed by atoms with Crippen molar-refractivity contribution in [3.8, 4) is 6.01 Å². The number of rotatable bonds is 9. The van der Waals surface area contributed by atoms with Crippen LogP contribution in [0.2, 0.25) is 0 Å². The number of hydrazine groups is 1. The Bertz CT molecular complexity index is 346. The third kappa shape index (κ3) is 5.13. The van der Waals surface area contributed by atoms with Crippen LogP contribution in [0.3, 0.4) is 0 Å². The predicted molar refractivity (Wildman–Crippen MR) is 71.4 cm³/mol. The van der Waals surface area contributed by atoms with Crippen LogP contribution in [0.1, 0.15) is 39.5 Å². The summed E-state index contributed by atoms with van der Waals surface area (Å²) in [4.78, 5) is 12.2. The number of hydrogen-bond acceptors (Lipinski definition) is 7. The molecule has 1 rings (SSSR count). The van der Waals surface area contributed by atoms with Crippen LogP contribution in [0.25, 0.3) is 0 Å². The van der Waals surface area contributed by atoms with E-state index < -0.39 is 0 Å². The number of nitrogens with zero attached hydrogens (tertiary/aromatic N) is 3. The molecule has 0 bridgehead atoms. The summed E-state index contributed by atoms with van der Waals surface area (Å²) in [6, 6.07) is 0.275. The zero-order valence-corrected chi connectivity index (χ0v) is 11.1. The minimum absolute atomic E-state index is 0.275. The van der Waals surface area contributed by atoms with Gasteiger partial charge in [-0.1, -0.05) is 26.2 Å². The van der Waals surface area contributed by atoms with Gasteiger partial charge in [0, 0.05) is 6.54 Å². The lowest BCUT2D eigenvalue weighted by Gasteiger charge is -2.08. The number of nitrogens with two attached hydrogens (primary N) is 1. The van der Waals surface area contributed by atoms with Gasteiger partial charge in [-0.3, -0.25) is 5.43 Å². The van der Waals surface area contributed by atoms with Crippen molar-refractivity contribution in [1.29, 1.82) is 0 Å². The van der Waals surface area contributed by atoms with Crippen LogP contribution in [0.15, 0.2) is 0 Å². The van der Waals surface area contributed by atoms with E-state index in [0.717, 1.165) is 13.0 Å². The smallest absolute Gasteiger partial charge is 0.323 e. The topological polar surface area (TPSA) is 98.0 Å². The molecule has 0 amide bonds. The molecule has 0 spiro atoms. The molecular weight excluding hydrogens is 232 g/mol. The Morgan fingerprint density at radius 3 is 2.50 bits per heavy atom. The van der Waals surface area contributed by atoms with Gasteiger partial charge in [0.25, 0.3) is 0 Å². The highest BCUT2D eigenvalue weighted by Crippen LogP contribution is 2.10. The zero-order chi connectivity index (χ0) is 13.2. The number of nitrogen functional groups attached to an aromatic ring is 1. The van der Waals surface area contributed by atoms with E-state index in [0.29, 0.717) is 18.5 Å². The summed E-state index contributed by atoms with van der Waals surface area (Å²) < 4.78 is 5.24. The minimum atomic E-state index is 0.275. The summed E-state index contributed by atoms with van der Waals surface area (Å²) in [7, 11) is 0. The Balaban J connectivity index is 2.50. The van der Waals surface area contributed by atoms with Gasteiger partial charge < -0.3 is 10.1 Å². The molecule has 0 aliphatic carbocycles. The van der Waals surface area contributed by atoms with Crippen molar-refractivity contribution in [3.05, 3.63) is 0 Å². The average Bonchev–Trinajstić information content (AvgIpc) is 2.38. The summed E-state index contributed by atoms with van der Waals surface area (Å²) >= 11 is 0. The lowest BCUT2D eigenvalue weighted by atomic mass is 10.2. The molecule has 0 aliphatic heterocycles. The summed E-state index contributed by atoms with van der Waals surface area (Å²) in [6.45, 7) is 5.40. The summed E-state index contributed by atoms with van der Waals surface area (Å²) in [5.74, 6) is 6.07. The quantitative estimate of drug-likeness (QED) is 0.349. The summed E-state index contributed by atoms with van der Waals surface area (Å²) in [6.07, 6.45) is 4.77. The average molecular weight is 254 g/mol. The molecule has 7 heteroatoms. The third-order valence-electron chi connectivity index (χ3n) is 2.33. The highest BCUT2D eigenvalue weighted by atomic mass is 16.5. The van der Waals surface area contributed by atoms with Crippen molar-refractivity contribution >= 4 is 11.9 Å². The first kappa shape index (κ1) is 14.4. The Morgan fingerprint density at radius 1 is 1.06 bits per heavy atom. The molecule has 0 fully saturated rings. The van der Waals surface area contributed by atoms with Gasteiger partial charge in [0.15, 0.2) is 0 Å². The Hall–Kier alpha value is -1.63. The number of ether oxygens (including phenoxy) is 1. The first-order valence-electron chi connectivity index (χ1n) is 6.39. The van der Waals surface area contributed by atoms with E-state index in [9.17, 15) is 0 Å². The summed E-state index contributed by atoms with van der Waals surface area (Å²) in [5.41, 5.74) is 2.39. The molecular formula is C11H22N6O. The van der Waals surface area contributed by atoms with Crippen LogP contribution in [-0.2, 0) is 0 Å². The van der Waals surface area contributed by atoms with Gasteiger partial charge in [-0.2, -0.15) is 15.0 Å². The molecule has 102 valence electrons. The first-order valence-corrected chi connectivity index (χ1v) is 6.39. The van der Waals surface area contributed by atoms with E-state index in [1.807, 2.05) is 6.92 Å². The highest BCUT2D eigenvalue weighted by Gasteiger charge is 2.05. The maximum Gasteiger partial charge on any atom is 0.323 e. The highest BCUT2D eigenvalue weighted by molar-refractivity contribution is 5.34. The van der Waals surface area contributed by atoms with E-state index in [4.69, 9.17) is 10.6 Å². The monoisotopic (exact) mass is 254 g/mol. The Morgan fingerprint density at radius 2 is 1.83 bits per heavy atom. The Labute approximate surface area is 108 Å². The molecule has 0 aliphatic rings. The van der Waals surface area contributed by atoms with Gasteiger partial charge in [0.05, 0.1) is 6.61 Å². The van der Waals surface area contributed by atoms with Crippen LogP contribution >= 0.6 is 0 Å². The second-order valence-corrected chi connectivity index (χ2v) is 3.83. The molecule has 0 unspecified atom stereocenters. The lowest BCUT2D eigenvalue weighted by molar-refractivity contribution is 0.312. The third-order valence-corrected chi connectivity index (χ3v) is 2.33. The van der Waals surface area contributed by atoms with Crippen molar-refractivity contribution in [2.45, 2.75) is 39.5 Å². The van der Waals surface area contributed by atoms with Gasteiger partial charge >= 0.3 is 6.01 Å². The van der Waals surface area contributed by atoms with E-state index in [1.165, 1.54) is 19.3 Å². The predicted octanol–water partition coefficient (Wildman–Crippen LogP) is 1.55. The molecule has 1 aromatic heterocycles. The molecule has 18 heavy (non-hydrogen) atoms. The fourth-order valence-corrected chi connectivity index (χ4v) is 1.45. The lowest BCUT2D eigenvalue weighted by Crippen LogP contribution is -2.15. The number of aromatic nitrogens is 3. The van der Waals surface area contributed by atoms with Gasteiger partial charge in [0.2, 0.25) is 11.9 Å². The van der Waals surface area contributed by atoms with Crippen molar-refractivity contribution in [2.24, 2.45) is 5.84 Å². The van der Waals surface area contributed by atoms with E-state index >= 15 is 0 Å². The maximum absolute atomic E-state index is 5.29. The van der Waals surface area contributed by atoms with Gasteiger partial charge in [-0.05, 0) is 13.3 Å². The molecule has 0 aromatic carbocycles. The molecule has 4 N–H and O–H groups in total. The van der Waals surface area contributed by atoms with E-state index in [1.54, 1.807) is 0 Å². The molecule has 0 radical (unpaired) electrons. The Kier molecular flexibility index (Phi) is 6.78. The van der Waals surface area contributed by atoms with Crippen LogP contribution in [0.5, 0.6) is 6.01 Å². The van der Waals surface area contributed by atoms with Gasteiger partial charge in [0.1, 0.15) is 0 Å². The number of unbranched alkanes of at least 4 members (excludes halogenated alkanes) is 3. The van der Waals surface area contributed by atoms with Crippen LogP contribution in [-0.4, -0.2) is 28.1 Å². The molecule has 0 saturated heterocycles. The van der Waals surface area contributed by atoms with Crippen molar-refractivity contribution in [2.75, 3.05) is 23.9 Å². The minimum Gasteiger partial charge on any atom is -0.464 e. The molecule has 0 atom stereocenters. The standard InChI is InChI=1S/C11H22N6O/c1-3-5-6-7-8-13-9-14-10(17-12)16-11(15-9)18-4-2/h3-8,12H2,1-2H3,(H2,13,14,15,16,17). The van der Waals surface area contributed by atoms with Crippen LogP contribution in [0.4, 0.5) is 11.9 Å². The number of nitrogens with one attached hydrogen (secondary N) is 2. The fourth-order valence-electron chi connectivity index (χ4n) is 1.45. The first-order chi connectivity index (χ1) is 8.80. The van der Waals surface area contributed by atoms with Gasteiger partial charge in [-0.15, -0.1) is 0 Å². The second-order valence-electron chi connectivity index (χ2n) is 3.83. The normalized spacial score (nSPS) is 10.2. The van der Waals surface area contributed by atoms with Crippen molar-refractivity contribution in [3.63, 3.8) is 0 Å². The van der Waals surface area contributed by atoms with Crippen molar-refractivity contribution < 1.29 is 4.74 Å². The number of hydrogen-bond donors (Lipinski definition) is 3. The number of anilines is 2.